The van der Waals surface area contributed by atoms with E-state index in [1.165, 1.54) is 17.6 Å². The van der Waals surface area contributed by atoms with E-state index in [0.29, 0.717) is 17.4 Å². The van der Waals surface area contributed by atoms with Crippen LogP contribution in [0.15, 0.2) is 10.5 Å². The molecule has 0 aliphatic heterocycles. The lowest BCUT2D eigenvalue weighted by atomic mass is 10.2. The number of rotatable bonds is 5. The smallest absolute Gasteiger partial charge is 0.153 e. The zero-order valence-electron chi connectivity index (χ0n) is 9.88. The van der Waals surface area contributed by atoms with Crippen LogP contribution in [0.5, 0.6) is 0 Å². The molecule has 0 amide bonds. The minimum absolute atomic E-state index is 0.416. The number of hydrogen-bond donors (Lipinski definition) is 1. The molecule has 1 aromatic rings. The molecular weight excluding hydrogens is 346 g/mol. The van der Waals surface area contributed by atoms with Gasteiger partial charge < -0.3 is 5.32 Å². The molecule has 0 aliphatic carbocycles. The van der Waals surface area contributed by atoms with Crippen molar-refractivity contribution in [3.05, 3.63) is 19.8 Å². The molecule has 7 heteroatoms. The number of nitrogens with one attached hydrogen (secondary N) is 1. The highest BCUT2D eigenvalue weighted by Crippen LogP contribution is 2.31. The van der Waals surface area contributed by atoms with Gasteiger partial charge in [-0.05, 0) is 35.8 Å². The Bertz CT molecular complexity index is 477. The van der Waals surface area contributed by atoms with Crippen LogP contribution < -0.4 is 5.32 Å². The molecule has 1 aromatic heterocycles. The van der Waals surface area contributed by atoms with E-state index in [1.54, 1.807) is 13.8 Å². The molecule has 0 aromatic carbocycles. The highest BCUT2D eigenvalue weighted by molar-refractivity contribution is 9.10. The van der Waals surface area contributed by atoms with Gasteiger partial charge >= 0.3 is 0 Å². The van der Waals surface area contributed by atoms with Crippen molar-refractivity contribution in [3.8, 4) is 0 Å². The van der Waals surface area contributed by atoms with Crippen LogP contribution in [-0.2, 0) is 16.4 Å². The fraction of sp³-hybridized carbons (Fsp3) is 0.600. The molecular formula is C10H15BrClNO2S2. The van der Waals surface area contributed by atoms with Crippen molar-refractivity contribution in [2.75, 3.05) is 12.8 Å². The van der Waals surface area contributed by atoms with Crippen LogP contribution in [0.2, 0.25) is 4.34 Å². The zero-order valence-corrected chi connectivity index (χ0v) is 13.9. The van der Waals surface area contributed by atoms with E-state index in [9.17, 15) is 8.42 Å². The summed E-state index contributed by atoms with van der Waals surface area (Å²) in [6, 6.07) is 1.94. The van der Waals surface area contributed by atoms with E-state index in [0.717, 1.165) is 9.35 Å². The van der Waals surface area contributed by atoms with E-state index in [-0.39, 0.29) is 0 Å². The zero-order chi connectivity index (χ0) is 13.3. The molecule has 0 unspecified atom stereocenters. The third-order valence-corrected chi connectivity index (χ3v) is 7.18. The molecule has 0 fully saturated rings. The normalized spacial score (nSPS) is 13.0. The summed E-state index contributed by atoms with van der Waals surface area (Å²) in [5.41, 5.74) is 0. The highest BCUT2D eigenvalue weighted by Gasteiger charge is 2.29. The summed E-state index contributed by atoms with van der Waals surface area (Å²) in [6.45, 7) is 4.47. The third kappa shape index (κ3) is 4.21. The van der Waals surface area contributed by atoms with E-state index in [1.807, 2.05) is 6.07 Å². The molecule has 1 rings (SSSR count). The fourth-order valence-corrected chi connectivity index (χ4v) is 3.22. The molecule has 1 heterocycles. The lowest BCUT2D eigenvalue weighted by molar-refractivity contribution is 0.522. The first kappa shape index (κ1) is 15.4. The Morgan fingerprint density at radius 1 is 1.53 bits per heavy atom. The largest absolute Gasteiger partial charge is 0.310 e. The SMILES string of the molecule is CC(C)(CNCc1cc(Br)c(Cl)s1)S(C)(=O)=O. The molecule has 0 atom stereocenters. The van der Waals surface area contributed by atoms with Gasteiger partial charge in [0.1, 0.15) is 4.34 Å². The minimum Gasteiger partial charge on any atom is -0.310 e. The average molecular weight is 361 g/mol. The Balaban J connectivity index is 2.54. The highest BCUT2D eigenvalue weighted by atomic mass is 79.9. The van der Waals surface area contributed by atoms with Crippen LogP contribution >= 0.6 is 38.9 Å². The van der Waals surface area contributed by atoms with Gasteiger partial charge in [0, 0.05) is 28.7 Å². The first-order valence-electron chi connectivity index (χ1n) is 4.97. The number of thiophene rings is 1. The number of sulfone groups is 1. The lowest BCUT2D eigenvalue weighted by Crippen LogP contribution is -2.41. The van der Waals surface area contributed by atoms with Crippen LogP contribution in [-0.4, -0.2) is 26.0 Å². The molecule has 0 saturated carbocycles. The van der Waals surface area contributed by atoms with Crippen LogP contribution in [0.3, 0.4) is 0 Å². The van der Waals surface area contributed by atoms with Crippen LogP contribution in [0, 0.1) is 0 Å². The Kier molecular flexibility index (Phi) is 5.06. The van der Waals surface area contributed by atoms with Crippen LogP contribution in [0.25, 0.3) is 0 Å². The third-order valence-electron chi connectivity index (χ3n) is 2.55. The van der Waals surface area contributed by atoms with E-state index in [4.69, 9.17) is 11.6 Å². The monoisotopic (exact) mass is 359 g/mol. The van der Waals surface area contributed by atoms with E-state index in [2.05, 4.69) is 21.2 Å². The second-order valence-electron chi connectivity index (χ2n) is 4.47. The standard InChI is InChI=1S/C10H15BrClNO2S2/c1-10(2,17(3,14)15)6-13-5-7-4-8(11)9(12)16-7/h4,13H,5-6H2,1-3H3. The van der Waals surface area contributed by atoms with E-state index < -0.39 is 14.6 Å². The van der Waals surface area contributed by atoms with Crippen molar-refractivity contribution in [1.82, 2.24) is 5.32 Å². The summed E-state index contributed by atoms with van der Waals surface area (Å²) >= 11 is 10.7. The molecule has 17 heavy (non-hydrogen) atoms. The van der Waals surface area contributed by atoms with Gasteiger partial charge in [-0.15, -0.1) is 11.3 Å². The first-order valence-corrected chi connectivity index (χ1v) is 8.85. The van der Waals surface area contributed by atoms with Gasteiger partial charge in [-0.2, -0.15) is 0 Å². The summed E-state index contributed by atoms with van der Waals surface area (Å²) < 4.78 is 23.8. The quantitative estimate of drug-likeness (QED) is 0.877. The maximum absolute atomic E-state index is 11.5. The summed E-state index contributed by atoms with van der Waals surface area (Å²) in [5.74, 6) is 0. The van der Waals surface area contributed by atoms with Gasteiger partial charge in [0.2, 0.25) is 0 Å². The summed E-state index contributed by atoms with van der Waals surface area (Å²) in [5, 5.41) is 3.14. The van der Waals surface area contributed by atoms with Crippen molar-refractivity contribution in [2.45, 2.75) is 25.1 Å². The fourth-order valence-electron chi connectivity index (χ4n) is 1.10. The molecule has 0 saturated heterocycles. The molecule has 0 radical (unpaired) electrons. The molecule has 0 bridgehead atoms. The minimum atomic E-state index is -3.05. The molecule has 0 spiro atoms. The maximum Gasteiger partial charge on any atom is 0.153 e. The van der Waals surface area contributed by atoms with Gasteiger partial charge in [0.25, 0.3) is 0 Å². The van der Waals surface area contributed by atoms with Crippen molar-refractivity contribution in [1.29, 1.82) is 0 Å². The van der Waals surface area contributed by atoms with E-state index >= 15 is 0 Å². The topological polar surface area (TPSA) is 46.2 Å². The number of halogens is 2. The van der Waals surface area contributed by atoms with Crippen LogP contribution in [0.1, 0.15) is 18.7 Å². The second kappa shape index (κ2) is 5.57. The predicted molar refractivity (Wildman–Crippen MR) is 77.7 cm³/mol. The van der Waals surface area contributed by atoms with Crippen molar-refractivity contribution in [3.63, 3.8) is 0 Å². The molecule has 98 valence electrons. The van der Waals surface area contributed by atoms with Gasteiger partial charge in [0.05, 0.1) is 4.75 Å². The number of hydrogen-bond acceptors (Lipinski definition) is 4. The summed E-state index contributed by atoms with van der Waals surface area (Å²) in [6.07, 6.45) is 1.26. The Hall–Kier alpha value is 0.380. The van der Waals surface area contributed by atoms with Crippen LogP contribution in [0.4, 0.5) is 0 Å². The molecule has 1 N–H and O–H groups in total. The Labute approximate surface area is 120 Å². The second-order valence-corrected chi connectivity index (χ2v) is 9.71. The Morgan fingerprint density at radius 2 is 2.12 bits per heavy atom. The summed E-state index contributed by atoms with van der Waals surface area (Å²) in [4.78, 5) is 1.08. The van der Waals surface area contributed by atoms with Crippen molar-refractivity contribution in [2.24, 2.45) is 0 Å². The average Bonchev–Trinajstić information content (AvgIpc) is 2.44. The lowest BCUT2D eigenvalue weighted by Gasteiger charge is -2.22. The molecule has 3 nitrogen and oxygen atoms in total. The Morgan fingerprint density at radius 3 is 2.53 bits per heavy atom. The van der Waals surface area contributed by atoms with Gasteiger partial charge in [-0.25, -0.2) is 8.42 Å². The van der Waals surface area contributed by atoms with Gasteiger partial charge in [0.15, 0.2) is 9.84 Å². The maximum atomic E-state index is 11.5. The summed E-state index contributed by atoms with van der Waals surface area (Å²) in [7, 11) is -3.05. The predicted octanol–water partition coefficient (Wildman–Crippen LogP) is 3.08. The van der Waals surface area contributed by atoms with Crippen molar-refractivity contribution >= 4 is 48.7 Å². The van der Waals surface area contributed by atoms with Gasteiger partial charge in [-0.3, -0.25) is 0 Å². The van der Waals surface area contributed by atoms with Gasteiger partial charge in [-0.1, -0.05) is 11.6 Å². The first-order chi connectivity index (χ1) is 7.63. The molecule has 0 aliphatic rings. The van der Waals surface area contributed by atoms with Crippen molar-refractivity contribution < 1.29 is 8.42 Å².